The van der Waals surface area contributed by atoms with Gasteiger partial charge in [0.15, 0.2) is 0 Å². The number of ether oxygens (including phenoxy) is 1. The Hall–Kier alpha value is -1.24. The maximum Gasteiger partial charge on any atom is 0.117 e. The molecule has 2 unspecified atom stereocenters. The highest BCUT2D eigenvalue weighted by atomic mass is 16.5. The quantitative estimate of drug-likeness (QED) is 0.390. The molecule has 2 atom stereocenters. The third-order valence-electron chi connectivity index (χ3n) is 3.67. The second kappa shape index (κ2) is 5.90. The van der Waals surface area contributed by atoms with Gasteiger partial charge < -0.3 is 4.74 Å². The van der Waals surface area contributed by atoms with Gasteiger partial charge in [-0.3, -0.25) is 0 Å². The first-order chi connectivity index (χ1) is 8.01. The Morgan fingerprint density at radius 2 is 2.12 bits per heavy atom. The van der Waals surface area contributed by atoms with E-state index in [4.69, 9.17) is 4.74 Å². The number of allylic oxidation sites excluding steroid dienone is 5. The van der Waals surface area contributed by atoms with E-state index in [2.05, 4.69) is 40.0 Å². The van der Waals surface area contributed by atoms with Crippen molar-refractivity contribution in [1.29, 1.82) is 0 Å². The molecule has 0 fully saturated rings. The first kappa shape index (κ1) is 13.8. The maximum absolute atomic E-state index is 5.38. The molecule has 0 bridgehead atoms. The summed E-state index contributed by atoms with van der Waals surface area (Å²) >= 11 is 0. The first-order valence-corrected chi connectivity index (χ1v) is 6.21. The molecule has 1 aliphatic carbocycles. The molecule has 1 heteroatoms. The van der Waals surface area contributed by atoms with E-state index in [1.807, 2.05) is 0 Å². The summed E-state index contributed by atoms with van der Waals surface area (Å²) < 4.78 is 5.38. The van der Waals surface area contributed by atoms with Crippen molar-refractivity contribution >= 4 is 0 Å². The highest BCUT2D eigenvalue weighted by Gasteiger charge is 2.26. The van der Waals surface area contributed by atoms with E-state index in [0.29, 0.717) is 11.8 Å². The van der Waals surface area contributed by atoms with Crippen molar-refractivity contribution < 1.29 is 4.74 Å². The van der Waals surface area contributed by atoms with Crippen LogP contribution < -0.4 is 0 Å². The summed E-state index contributed by atoms with van der Waals surface area (Å²) in [6.45, 7) is 14.4. The van der Waals surface area contributed by atoms with E-state index >= 15 is 0 Å². The van der Waals surface area contributed by atoms with Crippen LogP contribution in [0.3, 0.4) is 0 Å². The van der Waals surface area contributed by atoms with E-state index in [1.165, 1.54) is 29.6 Å². The summed E-state index contributed by atoms with van der Waals surface area (Å²) in [5, 5.41) is 0. The lowest BCUT2D eigenvalue weighted by molar-refractivity contribution is 0.293. The smallest absolute Gasteiger partial charge is 0.117 e. The van der Waals surface area contributed by atoms with Gasteiger partial charge in [-0.1, -0.05) is 30.4 Å². The minimum absolute atomic E-state index is 0.411. The van der Waals surface area contributed by atoms with Gasteiger partial charge in [0.25, 0.3) is 0 Å². The Labute approximate surface area is 106 Å². The molecule has 0 saturated carbocycles. The SMILES string of the molecule is C=C/C(OC)=C(\C)C1C=C(C)CCC1C(=C)C. The number of methoxy groups -OCH3 is 1. The molecule has 0 aromatic carbocycles. The Morgan fingerprint density at radius 1 is 1.47 bits per heavy atom. The zero-order chi connectivity index (χ0) is 13.0. The predicted octanol–water partition coefficient (Wildman–Crippen LogP) is 4.64. The molecule has 0 saturated heterocycles. The lowest BCUT2D eigenvalue weighted by atomic mass is 9.74. The van der Waals surface area contributed by atoms with E-state index in [-0.39, 0.29) is 0 Å². The minimum Gasteiger partial charge on any atom is -0.497 e. The van der Waals surface area contributed by atoms with Crippen LogP contribution in [0, 0.1) is 11.8 Å². The van der Waals surface area contributed by atoms with Crippen LogP contribution in [0.4, 0.5) is 0 Å². The molecule has 0 aromatic rings. The van der Waals surface area contributed by atoms with E-state index < -0.39 is 0 Å². The molecule has 0 spiro atoms. The fourth-order valence-electron chi connectivity index (χ4n) is 2.62. The van der Waals surface area contributed by atoms with Gasteiger partial charge in [0.1, 0.15) is 5.76 Å². The second-order valence-electron chi connectivity index (χ2n) is 4.99. The lowest BCUT2D eigenvalue weighted by Crippen LogP contribution is -2.20. The first-order valence-electron chi connectivity index (χ1n) is 6.21. The predicted molar refractivity (Wildman–Crippen MR) is 74.7 cm³/mol. The van der Waals surface area contributed by atoms with E-state index in [0.717, 1.165) is 5.76 Å². The van der Waals surface area contributed by atoms with Crippen LogP contribution in [0.25, 0.3) is 0 Å². The van der Waals surface area contributed by atoms with Crippen LogP contribution in [-0.2, 0) is 4.74 Å². The Balaban J connectivity index is 3.13. The molecule has 0 amide bonds. The van der Waals surface area contributed by atoms with Crippen molar-refractivity contribution in [3.63, 3.8) is 0 Å². The molecular weight excluding hydrogens is 208 g/mol. The summed E-state index contributed by atoms with van der Waals surface area (Å²) in [6, 6.07) is 0. The zero-order valence-corrected chi connectivity index (χ0v) is 11.5. The largest absolute Gasteiger partial charge is 0.497 e. The summed E-state index contributed by atoms with van der Waals surface area (Å²) in [5.41, 5.74) is 3.98. The molecule has 0 aromatic heterocycles. The van der Waals surface area contributed by atoms with Crippen molar-refractivity contribution in [1.82, 2.24) is 0 Å². The highest BCUT2D eigenvalue weighted by molar-refractivity contribution is 5.28. The fourth-order valence-corrected chi connectivity index (χ4v) is 2.62. The van der Waals surface area contributed by atoms with Crippen molar-refractivity contribution in [2.75, 3.05) is 7.11 Å². The second-order valence-corrected chi connectivity index (χ2v) is 4.99. The van der Waals surface area contributed by atoms with Crippen molar-refractivity contribution in [2.24, 2.45) is 11.8 Å². The third-order valence-corrected chi connectivity index (χ3v) is 3.67. The van der Waals surface area contributed by atoms with Gasteiger partial charge in [-0.2, -0.15) is 0 Å². The number of hydrogen-bond acceptors (Lipinski definition) is 1. The molecule has 1 nitrogen and oxygen atoms in total. The molecule has 0 aliphatic heterocycles. The van der Waals surface area contributed by atoms with Crippen molar-refractivity contribution in [2.45, 2.75) is 33.6 Å². The fraction of sp³-hybridized carbons (Fsp3) is 0.500. The van der Waals surface area contributed by atoms with Crippen molar-refractivity contribution in [3.8, 4) is 0 Å². The lowest BCUT2D eigenvalue weighted by Gasteiger charge is -2.31. The standard InChI is InChI=1S/C16H24O/c1-7-16(17-6)13(5)15-10-12(4)8-9-14(15)11(2)3/h7,10,14-15H,1-2,8-9H2,3-6H3/b16-13-. The minimum atomic E-state index is 0.411. The van der Waals surface area contributed by atoms with Gasteiger partial charge in [-0.05, 0) is 51.2 Å². The third kappa shape index (κ3) is 3.12. The molecular formula is C16H24O. The maximum atomic E-state index is 5.38. The zero-order valence-electron chi connectivity index (χ0n) is 11.5. The molecule has 0 heterocycles. The highest BCUT2D eigenvalue weighted by Crippen LogP contribution is 2.38. The van der Waals surface area contributed by atoms with Crippen LogP contribution in [0.15, 0.2) is 47.8 Å². The van der Waals surface area contributed by atoms with Crippen LogP contribution >= 0.6 is 0 Å². The summed E-state index contributed by atoms with van der Waals surface area (Å²) in [4.78, 5) is 0. The Kier molecular flexibility index (Phi) is 4.80. The van der Waals surface area contributed by atoms with Crippen LogP contribution in [0.5, 0.6) is 0 Å². The number of rotatable bonds is 4. The van der Waals surface area contributed by atoms with Gasteiger partial charge in [0.2, 0.25) is 0 Å². The molecule has 0 N–H and O–H groups in total. The monoisotopic (exact) mass is 232 g/mol. The van der Waals surface area contributed by atoms with Crippen LogP contribution in [0.2, 0.25) is 0 Å². The van der Waals surface area contributed by atoms with E-state index in [9.17, 15) is 0 Å². The van der Waals surface area contributed by atoms with E-state index in [1.54, 1.807) is 13.2 Å². The molecule has 17 heavy (non-hydrogen) atoms. The Morgan fingerprint density at radius 3 is 2.59 bits per heavy atom. The van der Waals surface area contributed by atoms with Gasteiger partial charge in [-0.15, -0.1) is 0 Å². The summed E-state index contributed by atoms with van der Waals surface area (Å²) in [5.74, 6) is 1.84. The van der Waals surface area contributed by atoms with Crippen LogP contribution in [-0.4, -0.2) is 7.11 Å². The summed E-state index contributed by atoms with van der Waals surface area (Å²) in [7, 11) is 1.70. The van der Waals surface area contributed by atoms with Gasteiger partial charge in [-0.25, -0.2) is 0 Å². The van der Waals surface area contributed by atoms with Gasteiger partial charge >= 0.3 is 0 Å². The average Bonchev–Trinajstić information content (AvgIpc) is 2.29. The van der Waals surface area contributed by atoms with Gasteiger partial charge in [0.05, 0.1) is 7.11 Å². The topological polar surface area (TPSA) is 9.23 Å². The molecule has 0 radical (unpaired) electrons. The van der Waals surface area contributed by atoms with Crippen LogP contribution in [0.1, 0.15) is 33.6 Å². The van der Waals surface area contributed by atoms with Crippen molar-refractivity contribution in [3.05, 3.63) is 47.8 Å². The normalized spacial score (nSPS) is 25.8. The number of hydrogen-bond donors (Lipinski definition) is 0. The summed E-state index contributed by atoms with van der Waals surface area (Å²) in [6.07, 6.45) is 6.52. The molecule has 1 aliphatic rings. The average molecular weight is 232 g/mol. The van der Waals surface area contributed by atoms with Gasteiger partial charge in [0, 0.05) is 5.92 Å². The molecule has 94 valence electrons. The Bertz CT molecular complexity index is 371. The molecule has 1 rings (SSSR count).